The third-order valence-electron chi connectivity index (χ3n) is 3.59. The van der Waals surface area contributed by atoms with Crippen LogP contribution in [-0.2, 0) is 17.8 Å². The van der Waals surface area contributed by atoms with Gasteiger partial charge in [-0.1, -0.05) is 28.1 Å². The van der Waals surface area contributed by atoms with Crippen molar-refractivity contribution in [3.63, 3.8) is 0 Å². The molecule has 0 saturated heterocycles. The van der Waals surface area contributed by atoms with E-state index in [1.54, 1.807) is 14.2 Å². The number of aliphatic carboxylic acids is 1. The van der Waals surface area contributed by atoms with E-state index in [0.29, 0.717) is 24.5 Å². The minimum absolute atomic E-state index is 0.130. The molecule has 24 heavy (non-hydrogen) atoms. The molecule has 0 saturated carbocycles. The fourth-order valence-corrected chi connectivity index (χ4v) is 2.78. The topological polar surface area (TPSA) is 67.8 Å². The Bertz CT molecular complexity index is 718. The molecule has 0 fully saturated rings. The van der Waals surface area contributed by atoms with Crippen molar-refractivity contribution in [2.24, 2.45) is 0 Å². The molecule has 128 valence electrons. The van der Waals surface area contributed by atoms with Gasteiger partial charge >= 0.3 is 5.97 Å². The Morgan fingerprint density at radius 3 is 2.54 bits per heavy atom. The van der Waals surface area contributed by atoms with Gasteiger partial charge in [0.05, 0.1) is 14.2 Å². The molecule has 0 radical (unpaired) electrons. The van der Waals surface area contributed by atoms with Gasteiger partial charge < -0.3 is 19.9 Å². The molecule has 0 unspecified atom stereocenters. The normalized spacial score (nSPS) is 10.3. The maximum Gasteiger partial charge on any atom is 0.303 e. The second-order valence-electron chi connectivity index (χ2n) is 5.25. The van der Waals surface area contributed by atoms with Crippen LogP contribution in [0.2, 0.25) is 0 Å². The van der Waals surface area contributed by atoms with E-state index in [1.165, 1.54) is 0 Å². The highest BCUT2D eigenvalue weighted by atomic mass is 79.9. The van der Waals surface area contributed by atoms with Crippen molar-refractivity contribution in [3.8, 4) is 11.5 Å². The first-order valence-electron chi connectivity index (χ1n) is 7.48. The fourth-order valence-electron chi connectivity index (χ4n) is 2.32. The summed E-state index contributed by atoms with van der Waals surface area (Å²) in [4.78, 5) is 10.7. The van der Waals surface area contributed by atoms with E-state index in [1.807, 2.05) is 36.4 Å². The molecule has 0 aromatic heterocycles. The van der Waals surface area contributed by atoms with Gasteiger partial charge in [-0.2, -0.15) is 0 Å². The zero-order chi connectivity index (χ0) is 17.5. The van der Waals surface area contributed by atoms with Crippen molar-refractivity contribution in [1.82, 2.24) is 0 Å². The Labute approximate surface area is 149 Å². The van der Waals surface area contributed by atoms with Crippen molar-refractivity contribution >= 4 is 27.6 Å². The average molecular weight is 394 g/mol. The lowest BCUT2D eigenvalue weighted by atomic mass is 10.1. The van der Waals surface area contributed by atoms with Gasteiger partial charge in [-0.05, 0) is 41.8 Å². The van der Waals surface area contributed by atoms with Gasteiger partial charge in [-0.15, -0.1) is 0 Å². The van der Waals surface area contributed by atoms with Crippen molar-refractivity contribution in [1.29, 1.82) is 0 Å². The molecule has 0 aliphatic rings. The van der Waals surface area contributed by atoms with E-state index >= 15 is 0 Å². The van der Waals surface area contributed by atoms with Crippen LogP contribution < -0.4 is 14.8 Å². The third kappa shape index (κ3) is 4.89. The van der Waals surface area contributed by atoms with Crippen LogP contribution in [0.15, 0.2) is 40.9 Å². The summed E-state index contributed by atoms with van der Waals surface area (Å²) in [5.74, 6) is 0.555. The molecule has 6 heteroatoms. The lowest BCUT2D eigenvalue weighted by molar-refractivity contribution is -0.136. The number of hydrogen-bond donors (Lipinski definition) is 2. The smallest absolute Gasteiger partial charge is 0.303 e. The highest BCUT2D eigenvalue weighted by molar-refractivity contribution is 9.10. The maximum atomic E-state index is 10.7. The molecule has 2 aromatic carbocycles. The number of carboxylic acids is 1. The van der Waals surface area contributed by atoms with Crippen LogP contribution in [-0.4, -0.2) is 25.3 Å². The number of hydrogen-bond acceptors (Lipinski definition) is 4. The summed E-state index contributed by atoms with van der Waals surface area (Å²) in [7, 11) is 3.21. The Morgan fingerprint density at radius 1 is 1.17 bits per heavy atom. The molecule has 0 bridgehead atoms. The Balaban J connectivity index is 2.08. The zero-order valence-electron chi connectivity index (χ0n) is 13.6. The summed E-state index contributed by atoms with van der Waals surface area (Å²) in [5.41, 5.74) is 2.97. The maximum absolute atomic E-state index is 10.7. The predicted octanol–water partition coefficient (Wildman–Crippen LogP) is 4.10. The van der Waals surface area contributed by atoms with Crippen LogP contribution in [0.4, 0.5) is 5.69 Å². The van der Waals surface area contributed by atoms with Crippen molar-refractivity contribution in [2.45, 2.75) is 19.4 Å². The summed E-state index contributed by atoms with van der Waals surface area (Å²) < 4.78 is 11.5. The van der Waals surface area contributed by atoms with E-state index < -0.39 is 5.97 Å². The number of carboxylic acid groups (broad SMARTS) is 1. The van der Waals surface area contributed by atoms with Gasteiger partial charge in [0.2, 0.25) is 0 Å². The molecule has 0 aliphatic heterocycles. The van der Waals surface area contributed by atoms with E-state index in [4.69, 9.17) is 14.6 Å². The van der Waals surface area contributed by atoms with Crippen LogP contribution in [0, 0.1) is 0 Å². The second kappa shape index (κ2) is 8.59. The van der Waals surface area contributed by atoms with Crippen LogP contribution in [0.1, 0.15) is 17.5 Å². The minimum Gasteiger partial charge on any atom is -0.493 e. The van der Waals surface area contributed by atoms with Crippen LogP contribution in [0.25, 0.3) is 0 Å². The van der Waals surface area contributed by atoms with Gasteiger partial charge in [-0.25, -0.2) is 0 Å². The average Bonchev–Trinajstić information content (AvgIpc) is 2.59. The van der Waals surface area contributed by atoms with Gasteiger partial charge in [0.1, 0.15) is 0 Å². The highest BCUT2D eigenvalue weighted by Crippen LogP contribution is 2.33. The number of rotatable bonds is 8. The van der Waals surface area contributed by atoms with Crippen molar-refractivity contribution in [2.75, 3.05) is 19.5 Å². The molecular formula is C18H20BrNO4. The van der Waals surface area contributed by atoms with Crippen LogP contribution in [0.3, 0.4) is 0 Å². The van der Waals surface area contributed by atoms with Gasteiger partial charge in [-0.3, -0.25) is 4.79 Å². The molecule has 0 heterocycles. The number of benzene rings is 2. The number of ether oxygens (including phenoxy) is 2. The molecule has 0 spiro atoms. The van der Waals surface area contributed by atoms with Crippen LogP contribution in [0.5, 0.6) is 11.5 Å². The Hall–Kier alpha value is -2.21. The molecule has 2 rings (SSSR count). The summed E-state index contributed by atoms with van der Waals surface area (Å²) >= 11 is 3.54. The standard InChI is InChI=1S/C18H20BrNO4/c1-23-16-9-13(15(19)10-17(16)24-2)11-20-14-5-3-4-12(8-14)6-7-18(21)22/h3-5,8-10,20H,6-7,11H2,1-2H3,(H,21,22). The second-order valence-corrected chi connectivity index (χ2v) is 6.10. The number of aryl methyl sites for hydroxylation is 1. The third-order valence-corrected chi connectivity index (χ3v) is 4.33. The molecule has 5 nitrogen and oxygen atoms in total. The van der Waals surface area contributed by atoms with Crippen molar-refractivity contribution in [3.05, 3.63) is 52.0 Å². The molecule has 2 N–H and O–H groups in total. The van der Waals surface area contributed by atoms with Gasteiger partial charge in [0, 0.05) is 23.1 Å². The summed E-state index contributed by atoms with van der Waals surface area (Å²) in [5, 5.41) is 12.1. The first kappa shape index (κ1) is 18.1. The van der Waals surface area contributed by atoms with Gasteiger partial charge in [0.25, 0.3) is 0 Å². The minimum atomic E-state index is -0.789. The monoisotopic (exact) mass is 393 g/mol. The molecule has 0 aliphatic carbocycles. The quantitative estimate of drug-likeness (QED) is 0.706. The number of nitrogens with one attached hydrogen (secondary N) is 1. The molecule has 2 aromatic rings. The first-order chi connectivity index (χ1) is 11.5. The molecule has 0 amide bonds. The first-order valence-corrected chi connectivity index (χ1v) is 8.27. The predicted molar refractivity (Wildman–Crippen MR) is 97.0 cm³/mol. The van der Waals surface area contributed by atoms with E-state index in [0.717, 1.165) is 21.3 Å². The Morgan fingerprint density at radius 2 is 1.88 bits per heavy atom. The number of halogens is 1. The zero-order valence-corrected chi connectivity index (χ0v) is 15.2. The largest absolute Gasteiger partial charge is 0.493 e. The number of anilines is 1. The Kier molecular flexibility index (Phi) is 6.49. The lowest BCUT2D eigenvalue weighted by Gasteiger charge is -2.13. The highest BCUT2D eigenvalue weighted by Gasteiger charge is 2.09. The van der Waals surface area contributed by atoms with Crippen molar-refractivity contribution < 1.29 is 19.4 Å². The van der Waals surface area contributed by atoms with Crippen LogP contribution >= 0.6 is 15.9 Å². The van der Waals surface area contributed by atoms with E-state index in [-0.39, 0.29) is 6.42 Å². The lowest BCUT2D eigenvalue weighted by Crippen LogP contribution is -2.03. The summed E-state index contributed by atoms with van der Waals surface area (Å²) in [6.45, 7) is 0.601. The fraction of sp³-hybridized carbons (Fsp3) is 0.278. The molecular weight excluding hydrogens is 374 g/mol. The SMILES string of the molecule is COc1cc(Br)c(CNc2cccc(CCC(=O)O)c2)cc1OC. The summed E-state index contributed by atoms with van der Waals surface area (Å²) in [6, 6.07) is 11.6. The van der Waals surface area contributed by atoms with E-state index in [2.05, 4.69) is 21.2 Å². The summed E-state index contributed by atoms with van der Waals surface area (Å²) in [6.07, 6.45) is 0.648. The van der Waals surface area contributed by atoms with E-state index in [9.17, 15) is 4.79 Å². The number of carbonyl (C=O) groups is 1. The number of methoxy groups -OCH3 is 2. The molecule has 0 atom stereocenters. The van der Waals surface area contributed by atoms with Gasteiger partial charge in [0.15, 0.2) is 11.5 Å².